The van der Waals surface area contributed by atoms with Crippen LogP contribution in [0.1, 0.15) is 11.6 Å². The van der Waals surface area contributed by atoms with E-state index in [0.717, 1.165) is 23.1 Å². The molecule has 1 heterocycles. The molecular weight excluding hydrogens is 401 g/mol. The fourth-order valence-electron chi connectivity index (χ4n) is 2.49. The largest absolute Gasteiger partial charge is 0.573 e. The molecule has 0 unspecified atom stereocenters. The van der Waals surface area contributed by atoms with Crippen LogP contribution in [0.4, 0.5) is 26.3 Å². The highest BCUT2D eigenvalue weighted by Gasteiger charge is 2.46. The summed E-state index contributed by atoms with van der Waals surface area (Å²) in [7, 11) is 0. The smallest absolute Gasteiger partial charge is 0.504 e. The first-order valence-electron chi connectivity index (χ1n) is 6.68. The predicted octanol–water partition coefficient (Wildman–Crippen LogP) is 3.64. The second kappa shape index (κ2) is 9.02. The second-order valence-electron chi connectivity index (χ2n) is 4.97. The van der Waals surface area contributed by atoms with Crippen molar-refractivity contribution in [2.24, 2.45) is 0 Å². The third-order valence-electron chi connectivity index (χ3n) is 3.38. The number of phenolic OH excluding ortho intramolecular Hbond substituents is 1. The molecular formula is C13H16Cl2F6N2O2. The first-order chi connectivity index (χ1) is 10.6. The van der Waals surface area contributed by atoms with Crippen molar-refractivity contribution >= 4 is 24.8 Å². The Balaban J connectivity index is 0.00000288. The summed E-state index contributed by atoms with van der Waals surface area (Å²) in [5, 5.41) is 12.7. The van der Waals surface area contributed by atoms with Gasteiger partial charge in [-0.1, -0.05) is 12.1 Å². The number of rotatable bonds is 3. The number of ether oxygens (including phenoxy) is 1. The number of phenols is 1. The number of alkyl halides is 6. The van der Waals surface area contributed by atoms with E-state index in [4.69, 9.17) is 0 Å². The highest BCUT2D eigenvalue weighted by molar-refractivity contribution is 5.85. The first-order valence-corrected chi connectivity index (χ1v) is 6.68. The molecule has 0 aromatic heterocycles. The van der Waals surface area contributed by atoms with Gasteiger partial charge in [0, 0.05) is 31.7 Å². The molecule has 2 rings (SSSR count). The normalized spacial score (nSPS) is 17.2. The molecule has 2 N–H and O–H groups in total. The lowest BCUT2D eigenvalue weighted by atomic mass is 10.0. The van der Waals surface area contributed by atoms with Crippen molar-refractivity contribution < 1.29 is 36.2 Å². The van der Waals surface area contributed by atoms with Gasteiger partial charge in [0.15, 0.2) is 11.5 Å². The molecule has 0 saturated carbocycles. The Morgan fingerprint density at radius 3 is 2.08 bits per heavy atom. The highest BCUT2D eigenvalue weighted by Crippen LogP contribution is 2.45. The SMILES string of the molecule is Cl.Cl.Oc1c(OC(F)(F)F)cccc1[C@H](N1CCNCC1)C(F)(F)F. The maximum absolute atomic E-state index is 13.4. The van der Waals surface area contributed by atoms with E-state index < -0.39 is 35.6 Å². The van der Waals surface area contributed by atoms with Crippen LogP contribution in [0.5, 0.6) is 11.5 Å². The Labute approximate surface area is 151 Å². The molecule has 0 amide bonds. The van der Waals surface area contributed by atoms with Crippen molar-refractivity contribution in [3.05, 3.63) is 23.8 Å². The van der Waals surface area contributed by atoms with E-state index in [0.29, 0.717) is 13.1 Å². The van der Waals surface area contributed by atoms with Crippen LogP contribution in [0.15, 0.2) is 18.2 Å². The summed E-state index contributed by atoms with van der Waals surface area (Å²) in [4.78, 5) is 1.06. The summed E-state index contributed by atoms with van der Waals surface area (Å²) in [6.45, 7) is 0.722. The predicted molar refractivity (Wildman–Crippen MR) is 82.5 cm³/mol. The molecule has 1 aliphatic rings. The molecule has 1 aromatic rings. The van der Waals surface area contributed by atoms with E-state index in [-0.39, 0.29) is 37.9 Å². The molecule has 0 bridgehead atoms. The molecule has 0 radical (unpaired) electrons. The number of para-hydroxylation sites is 1. The highest BCUT2D eigenvalue weighted by atomic mass is 35.5. The van der Waals surface area contributed by atoms with Gasteiger partial charge in [0.2, 0.25) is 0 Å². The monoisotopic (exact) mass is 416 g/mol. The number of hydrogen-bond acceptors (Lipinski definition) is 4. The van der Waals surface area contributed by atoms with Crippen LogP contribution < -0.4 is 10.1 Å². The molecule has 1 aromatic carbocycles. The van der Waals surface area contributed by atoms with Gasteiger partial charge in [0.25, 0.3) is 0 Å². The van der Waals surface area contributed by atoms with Crippen LogP contribution in [0.3, 0.4) is 0 Å². The zero-order chi connectivity index (χ0) is 17.3. The van der Waals surface area contributed by atoms with Gasteiger partial charge in [0.1, 0.15) is 6.04 Å². The van der Waals surface area contributed by atoms with Gasteiger partial charge in [-0.05, 0) is 6.07 Å². The lowest BCUT2D eigenvalue weighted by Gasteiger charge is -2.36. The van der Waals surface area contributed by atoms with Gasteiger partial charge in [-0.2, -0.15) is 13.2 Å². The second-order valence-corrected chi connectivity index (χ2v) is 4.97. The van der Waals surface area contributed by atoms with Gasteiger partial charge in [-0.25, -0.2) is 0 Å². The minimum Gasteiger partial charge on any atom is -0.504 e. The molecule has 1 atom stereocenters. The van der Waals surface area contributed by atoms with E-state index in [2.05, 4.69) is 10.1 Å². The topological polar surface area (TPSA) is 44.7 Å². The Morgan fingerprint density at radius 2 is 1.60 bits per heavy atom. The van der Waals surface area contributed by atoms with Crippen LogP contribution in [-0.4, -0.2) is 48.7 Å². The van der Waals surface area contributed by atoms with Crippen LogP contribution in [0.25, 0.3) is 0 Å². The van der Waals surface area contributed by atoms with Crippen LogP contribution in [0.2, 0.25) is 0 Å². The quantitative estimate of drug-likeness (QED) is 0.738. The molecule has 1 saturated heterocycles. The van der Waals surface area contributed by atoms with Crippen LogP contribution >= 0.6 is 24.8 Å². The Kier molecular flexibility index (Phi) is 8.62. The van der Waals surface area contributed by atoms with Crippen molar-refractivity contribution in [1.29, 1.82) is 0 Å². The molecule has 0 aliphatic carbocycles. The summed E-state index contributed by atoms with van der Waals surface area (Å²) < 4.78 is 80.6. The Morgan fingerprint density at radius 1 is 1.04 bits per heavy atom. The van der Waals surface area contributed by atoms with Gasteiger partial charge >= 0.3 is 12.5 Å². The maximum atomic E-state index is 13.4. The third-order valence-corrected chi connectivity index (χ3v) is 3.38. The number of benzene rings is 1. The molecule has 0 spiro atoms. The molecule has 1 fully saturated rings. The Hall–Kier alpha value is -1.10. The van der Waals surface area contributed by atoms with E-state index in [1.165, 1.54) is 0 Å². The van der Waals surface area contributed by atoms with E-state index in [1.807, 2.05) is 0 Å². The van der Waals surface area contributed by atoms with Gasteiger partial charge in [-0.15, -0.1) is 38.0 Å². The summed E-state index contributed by atoms with van der Waals surface area (Å²) in [6.07, 6.45) is -9.87. The molecule has 25 heavy (non-hydrogen) atoms. The standard InChI is InChI=1S/C13H14F6N2O2.2ClH/c14-12(15,16)11(21-6-4-20-5-7-21)8-2-1-3-9(10(8)22)23-13(17,18)19;;/h1-3,11,20,22H,4-7H2;2*1H/t11-;;/m0../s1. The third kappa shape index (κ3) is 6.28. The van der Waals surface area contributed by atoms with E-state index >= 15 is 0 Å². The van der Waals surface area contributed by atoms with Crippen molar-refractivity contribution in [2.75, 3.05) is 26.2 Å². The number of hydrogen-bond donors (Lipinski definition) is 2. The molecule has 4 nitrogen and oxygen atoms in total. The summed E-state index contributed by atoms with van der Waals surface area (Å²) in [5.41, 5.74) is -0.666. The van der Waals surface area contributed by atoms with Crippen molar-refractivity contribution in [3.63, 3.8) is 0 Å². The van der Waals surface area contributed by atoms with Crippen molar-refractivity contribution in [1.82, 2.24) is 10.2 Å². The minimum atomic E-state index is -5.11. The number of halogens is 8. The van der Waals surface area contributed by atoms with Crippen LogP contribution in [0, 0.1) is 0 Å². The first kappa shape index (κ1) is 23.9. The van der Waals surface area contributed by atoms with Crippen molar-refractivity contribution in [2.45, 2.75) is 18.6 Å². The van der Waals surface area contributed by atoms with E-state index in [1.54, 1.807) is 0 Å². The average Bonchev–Trinajstić information content (AvgIpc) is 2.41. The lowest BCUT2D eigenvalue weighted by molar-refractivity contribution is -0.275. The summed E-state index contributed by atoms with van der Waals surface area (Å²) in [5.74, 6) is -2.22. The zero-order valence-electron chi connectivity index (χ0n) is 12.5. The average molecular weight is 417 g/mol. The number of piperazine rings is 1. The number of nitrogens with zero attached hydrogens (tertiary/aromatic N) is 1. The van der Waals surface area contributed by atoms with Gasteiger partial charge in [-0.3, -0.25) is 4.90 Å². The molecule has 12 heteroatoms. The zero-order valence-corrected chi connectivity index (χ0v) is 14.2. The number of aromatic hydroxyl groups is 1. The van der Waals surface area contributed by atoms with Crippen LogP contribution in [-0.2, 0) is 0 Å². The van der Waals surface area contributed by atoms with Crippen molar-refractivity contribution in [3.8, 4) is 11.5 Å². The molecule has 1 aliphatic heterocycles. The minimum absolute atomic E-state index is 0. The van der Waals surface area contributed by atoms with Gasteiger partial charge < -0.3 is 15.2 Å². The fraction of sp³-hybridized carbons (Fsp3) is 0.538. The summed E-state index contributed by atoms with van der Waals surface area (Å²) in [6, 6.07) is 0.481. The Bertz CT molecular complexity index is 550. The van der Waals surface area contributed by atoms with E-state index in [9.17, 15) is 31.4 Å². The van der Waals surface area contributed by atoms with Gasteiger partial charge in [0.05, 0.1) is 0 Å². The maximum Gasteiger partial charge on any atom is 0.573 e. The number of nitrogens with one attached hydrogen (secondary N) is 1. The fourth-order valence-corrected chi connectivity index (χ4v) is 2.49. The summed E-state index contributed by atoms with van der Waals surface area (Å²) >= 11 is 0. The molecule has 146 valence electrons. The lowest BCUT2D eigenvalue weighted by Crippen LogP contribution is -2.49.